The zero-order valence-corrected chi connectivity index (χ0v) is 13.4. The largest absolute Gasteiger partial charge is 0.384 e. The van der Waals surface area contributed by atoms with E-state index in [-0.39, 0.29) is 0 Å². The van der Waals surface area contributed by atoms with Crippen molar-refractivity contribution in [2.24, 2.45) is 0 Å². The zero-order valence-electron chi connectivity index (χ0n) is 13.4. The van der Waals surface area contributed by atoms with Gasteiger partial charge in [-0.25, -0.2) is 4.98 Å². The lowest BCUT2D eigenvalue weighted by atomic mass is 10.1. The molecule has 1 fully saturated rings. The predicted octanol–water partition coefficient (Wildman–Crippen LogP) is 4.27. The van der Waals surface area contributed by atoms with Crippen LogP contribution in [0.1, 0.15) is 82.1 Å². The van der Waals surface area contributed by atoms with E-state index in [1.165, 1.54) is 57.8 Å². The van der Waals surface area contributed by atoms with Gasteiger partial charge in [0, 0.05) is 5.92 Å². The average Bonchev–Trinajstić information content (AvgIpc) is 3.27. The Morgan fingerprint density at radius 3 is 2.48 bits per heavy atom. The summed E-state index contributed by atoms with van der Waals surface area (Å²) in [5.41, 5.74) is 7.31. The number of unbranched alkanes of at least 4 members (excludes halogenated alkanes) is 6. The molecule has 116 valence electrons. The first-order chi connectivity index (χ1) is 10.3. The molecule has 3 heteroatoms. The summed E-state index contributed by atoms with van der Waals surface area (Å²) in [6.07, 6.45) is 18.1. The van der Waals surface area contributed by atoms with Crippen LogP contribution >= 0.6 is 0 Å². The average molecular weight is 287 g/mol. The van der Waals surface area contributed by atoms with Crippen molar-refractivity contribution < 1.29 is 0 Å². The number of anilines is 1. The highest BCUT2D eigenvalue weighted by Crippen LogP contribution is 2.40. The molecule has 0 radical (unpaired) electrons. The molecular formula is C18H29N3. The SMILES string of the molecule is C#CCn1c(C2CC2)nc(CCCCCCCCC)c1N. The summed E-state index contributed by atoms with van der Waals surface area (Å²) < 4.78 is 2.05. The number of nitrogens with zero attached hydrogens (tertiary/aromatic N) is 2. The van der Waals surface area contributed by atoms with Gasteiger partial charge in [-0.15, -0.1) is 6.42 Å². The van der Waals surface area contributed by atoms with Gasteiger partial charge in [-0.1, -0.05) is 51.4 Å². The molecular weight excluding hydrogens is 258 g/mol. The Bertz CT molecular complexity index is 477. The fraction of sp³-hybridized carbons (Fsp3) is 0.722. The molecule has 0 amide bonds. The summed E-state index contributed by atoms with van der Waals surface area (Å²) in [7, 11) is 0. The highest BCUT2D eigenvalue weighted by atomic mass is 15.1. The molecule has 1 aromatic heterocycles. The normalized spacial score (nSPS) is 14.3. The van der Waals surface area contributed by atoms with Crippen LogP contribution in [0.2, 0.25) is 0 Å². The van der Waals surface area contributed by atoms with Crippen molar-refractivity contribution >= 4 is 5.82 Å². The molecule has 1 aromatic rings. The summed E-state index contributed by atoms with van der Waals surface area (Å²) in [5, 5.41) is 0. The molecule has 0 aromatic carbocycles. The molecule has 1 heterocycles. The quantitative estimate of drug-likeness (QED) is 0.516. The van der Waals surface area contributed by atoms with Crippen LogP contribution in [0, 0.1) is 12.3 Å². The van der Waals surface area contributed by atoms with Gasteiger partial charge < -0.3 is 10.3 Å². The first-order valence-electron chi connectivity index (χ1n) is 8.56. The van der Waals surface area contributed by atoms with E-state index in [1.807, 2.05) is 4.57 Å². The van der Waals surface area contributed by atoms with E-state index in [1.54, 1.807) is 0 Å². The second-order valence-electron chi connectivity index (χ2n) is 6.24. The van der Waals surface area contributed by atoms with Crippen LogP contribution in [-0.4, -0.2) is 9.55 Å². The fourth-order valence-electron chi connectivity index (χ4n) is 2.88. The van der Waals surface area contributed by atoms with E-state index in [9.17, 15) is 0 Å². The number of aryl methyl sites for hydroxylation is 1. The van der Waals surface area contributed by atoms with Crippen molar-refractivity contribution in [3.63, 3.8) is 0 Å². The minimum Gasteiger partial charge on any atom is -0.384 e. The van der Waals surface area contributed by atoms with Crippen LogP contribution in [0.15, 0.2) is 0 Å². The standard InChI is InChI=1S/C18H29N3/c1-3-5-6-7-8-9-10-11-16-17(19)21(14-4-2)18(20-16)15-12-13-15/h2,15H,3,5-14,19H2,1H3. The van der Waals surface area contributed by atoms with E-state index in [0.29, 0.717) is 12.5 Å². The highest BCUT2D eigenvalue weighted by Gasteiger charge is 2.30. The maximum atomic E-state index is 6.24. The fourth-order valence-corrected chi connectivity index (χ4v) is 2.88. The van der Waals surface area contributed by atoms with Crippen LogP contribution in [-0.2, 0) is 13.0 Å². The van der Waals surface area contributed by atoms with Gasteiger partial charge >= 0.3 is 0 Å². The summed E-state index contributed by atoms with van der Waals surface area (Å²) in [6.45, 7) is 2.81. The van der Waals surface area contributed by atoms with Crippen molar-refractivity contribution in [2.75, 3.05) is 5.73 Å². The smallest absolute Gasteiger partial charge is 0.127 e. The van der Waals surface area contributed by atoms with E-state index in [2.05, 4.69) is 12.8 Å². The number of nitrogens with two attached hydrogens (primary N) is 1. The molecule has 2 rings (SSSR count). The van der Waals surface area contributed by atoms with Crippen LogP contribution < -0.4 is 5.73 Å². The minimum atomic E-state index is 0.557. The van der Waals surface area contributed by atoms with E-state index in [0.717, 1.165) is 23.8 Å². The van der Waals surface area contributed by atoms with Crippen LogP contribution in [0.3, 0.4) is 0 Å². The predicted molar refractivity (Wildman–Crippen MR) is 89.1 cm³/mol. The Labute approximate surface area is 129 Å². The van der Waals surface area contributed by atoms with E-state index >= 15 is 0 Å². The third-order valence-corrected chi connectivity index (χ3v) is 4.32. The first-order valence-corrected chi connectivity index (χ1v) is 8.56. The monoisotopic (exact) mass is 287 g/mol. The molecule has 0 unspecified atom stereocenters. The Balaban J connectivity index is 1.80. The van der Waals surface area contributed by atoms with Crippen molar-refractivity contribution in [2.45, 2.75) is 83.6 Å². The second kappa shape index (κ2) is 8.12. The van der Waals surface area contributed by atoms with Crippen LogP contribution in [0.4, 0.5) is 5.82 Å². The van der Waals surface area contributed by atoms with Gasteiger partial charge in [0.15, 0.2) is 0 Å². The van der Waals surface area contributed by atoms with Crippen LogP contribution in [0.5, 0.6) is 0 Å². The summed E-state index contributed by atoms with van der Waals surface area (Å²) in [5.74, 6) is 5.23. The molecule has 0 saturated heterocycles. The third-order valence-electron chi connectivity index (χ3n) is 4.32. The van der Waals surface area contributed by atoms with Gasteiger partial charge in [-0.05, 0) is 25.7 Å². The Kier molecular flexibility index (Phi) is 6.17. The number of terminal acetylenes is 1. The number of nitrogen functional groups attached to an aromatic ring is 1. The molecule has 1 saturated carbocycles. The molecule has 21 heavy (non-hydrogen) atoms. The lowest BCUT2D eigenvalue weighted by Crippen LogP contribution is -2.05. The first kappa shape index (κ1) is 15.9. The Morgan fingerprint density at radius 1 is 1.19 bits per heavy atom. The van der Waals surface area contributed by atoms with Gasteiger partial charge in [0.05, 0.1) is 12.2 Å². The molecule has 3 nitrogen and oxygen atoms in total. The number of rotatable bonds is 10. The van der Waals surface area contributed by atoms with Crippen molar-refractivity contribution in [1.82, 2.24) is 9.55 Å². The lowest BCUT2D eigenvalue weighted by molar-refractivity contribution is 0.587. The molecule has 1 aliphatic carbocycles. The maximum Gasteiger partial charge on any atom is 0.127 e. The summed E-state index contributed by atoms with van der Waals surface area (Å²) >= 11 is 0. The summed E-state index contributed by atoms with van der Waals surface area (Å²) in [6, 6.07) is 0. The van der Waals surface area contributed by atoms with Crippen molar-refractivity contribution in [3.8, 4) is 12.3 Å². The molecule has 0 spiro atoms. The van der Waals surface area contributed by atoms with E-state index < -0.39 is 0 Å². The molecule has 1 aliphatic rings. The van der Waals surface area contributed by atoms with E-state index in [4.69, 9.17) is 17.1 Å². The summed E-state index contributed by atoms with van der Waals surface area (Å²) in [4.78, 5) is 4.78. The third kappa shape index (κ3) is 4.52. The van der Waals surface area contributed by atoms with Gasteiger partial charge in [0.1, 0.15) is 11.6 Å². The van der Waals surface area contributed by atoms with Gasteiger partial charge in [0.2, 0.25) is 0 Å². The number of imidazole rings is 1. The second-order valence-corrected chi connectivity index (χ2v) is 6.24. The van der Waals surface area contributed by atoms with Gasteiger partial charge in [-0.2, -0.15) is 0 Å². The van der Waals surface area contributed by atoms with Gasteiger partial charge in [0.25, 0.3) is 0 Å². The number of hydrogen-bond acceptors (Lipinski definition) is 2. The number of aromatic nitrogens is 2. The molecule has 2 N–H and O–H groups in total. The molecule has 0 atom stereocenters. The van der Waals surface area contributed by atoms with Gasteiger partial charge in [-0.3, -0.25) is 0 Å². The Morgan fingerprint density at radius 2 is 1.86 bits per heavy atom. The molecule has 0 bridgehead atoms. The number of hydrogen-bond donors (Lipinski definition) is 1. The molecule has 0 aliphatic heterocycles. The topological polar surface area (TPSA) is 43.8 Å². The van der Waals surface area contributed by atoms with Crippen molar-refractivity contribution in [1.29, 1.82) is 0 Å². The van der Waals surface area contributed by atoms with Crippen molar-refractivity contribution in [3.05, 3.63) is 11.5 Å². The maximum absolute atomic E-state index is 6.24. The Hall–Kier alpha value is -1.43. The zero-order chi connectivity index (χ0) is 15.1. The van der Waals surface area contributed by atoms with Crippen LogP contribution in [0.25, 0.3) is 0 Å². The minimum absolute atomic E-state index is 0.557. The lowest BCUT2D eigenvalue weighted by Gasteiger charge is -2.04. The highest BCUT2D eigenvalue weighted by molar-refractivity contribution is 5.40.